The van der Waals surface area contributed by atoms with E-state index in [1.165, 1.54) is 6.92 Å². The maximum atomic E-state index is 11.1. The number of esters is 1. The van der Waals surface area contributed by atoms with Gasteiger partial charge in [-0.05, 0) is 12.2 Å². The van der Waals surface area contributed by atoms with Crippen LogP contribution in [0.15, 0.2) is 0 Å². The van der Waals surface area contributed by atoms with Crippen molar-refractivity contribution in [2.75, 3.05) is 6.54 Å². The molecule has 0 saturated carbocycles. The standard InChI is InChI=1S/C8H9NO4S/c1-5(14)13-8(12)4-9-6(10)2-3-7(9)11/h2-4H2,1H3. The lowest BCUT2D eigenvalue weighted by atomic mass is 10.4. The summed E-state index contributed by atoms with van der Waals surface area (Å²) < 4.78 is 4.56. The first-order valence-electron chi connectivity index (χ1n) is 4.05. The van der Waals surface area contributed by atoms with Gasteiger partial charge in [0, 0.05) is 19.8 Å². The Bertz CT molecular complexity index is 296. The quantitative estimate of drug-likeness (QED) is 0.369. The Kier molecular flexibility index (Phi) is 3.29. The highest BCUT2D eigenvalue weighted by Gasteiger charge is 2.30. The molecule has 0 bridgehead atoms. The van der Waals surface area contributed by atoms with E-state index >= 15 is 0 Å². The molecule has 1 rings (SSSR count). The number of nitrogens with zero attached hydrogens (tertiary/aromatic N) is 1. The zero-order valence-corrected chi connectivity index (χ0v) is 8.43. The van der Waals surface area contributed by atoms with Crippen LogP contribution in [-0.4, -0.2) is 34.3 Å². The van der Waals surface area contributed by atoms with Gasteiger partial charge in [0.15, 0.2) is 5.05 Å². The molecule has 1 aliphatic heterocycles. The molecule has 5 nitrogen and oxygen atoms in total. The molecule has 0 spiro atoms. The fourth-order valence-electron chi connectivity index (χ4n) is 1.12. The van der Waals surface area contributed by atoms with Crippen LogP contribution < -0.4 is 0 Å². The molecular weight excluding hydrogens is 206 g/mol. The molecule has 6 heteroatoms. The second kappa shape index (κ2) is 4.28. The Morgan fingerprint density at radius 3 is 2.36 bits per heavy atom. The van der Waals surface area contributed by atoms with E-state index in [0.29, 0.717) is 0 Å². The smallest absolute Gasteiger partial charge is 0.332 e. The van der Waals surface area contributed by atoms with E-state index in [1.54, 1.807) is 0 Å². The van der Waals surface area contributed by atoms with Crippen molar-refractivity contribution >= 4 is 35.1 Å². The third-order valence-corrected chi connectivity index (χ3v) is 1.78. The average molecular weight is 215 g/mol. The molecular formula is C8H9NO4S. The molecule has 0 aromatic carbocycles. The van der Waals surface area contributed by atoms with Crippen molar-refractivity contribution in [3.63, 3.8) is 0 Å². The number of likely N-dealkylation sites (tertiary alicyclic amines) is 1. The van der Waals surface area contributed by atoms with E-state index in [-0.39, 0.29) is 36.3 Å². The molecule has 0 radical (unpaired) electrons. The Hall–Kier alpha value is -1.30. The predicted octanol–water partition coefficient (Wildman–Crippen LogP) is 0.0259. The van der Waals surface area contributed by atoms with E-state index in [2.05, 4.69) is 17.0 Å². The fourth-order valence-corrected chi connectivity index (χ4v) is 1.21. The summed E-state index contributed by atoms with van der Waals surface area (Å²) in [7, 11) is 0. The van der Waals surface area contributed by atoms with Gasteiger partial charge in [-0.3, -0.25) is 14.5 Å². The highest BCUT2D eigenvalue weighted by atomic mass is 32.1. The first-order chi connectivity index (χ1) is 6.50. The molecule has 0 aliphatic carbocycles. The highest BCUT2D eigenvalue weighted by Crippen LogP contribution is 2.11. The van der Waals surface area contributed by atoms with Gasteiger partial charge in [0.2, 0.25) is 11.8 Å². The predicted molar refractivity (Wildman–Crippen MR) is 50.3 cm³/mol. The summed E-state index contributed by atoms with van der Waals surface area (Å²) >= 11 is 4.54. The molecule has 1 aliphatic rings. The normalized spacial score (nSPS) is 15.9. The van der Waals surface area contributed by atoms with Crippen LogP contribution in [-0.2, 0) is 19.1 Å². The lowest BCUT2D eigenvalue weighted by Gasteiger charge is -2.11. The van der Waals surface area contributed by atoms with Gasteiger partial charge in [0.05, 0.1) is 0 Å². The van der Waals surface area contributed by atoms with Crippen molar-refractivity contribution in [2.24, 2.45) is 0 Å². The molecule has 14 heavy (non-hydrogen) atoms. The van der Waals surface area contributed by atoms with Crippen molar-refractivity contribution < 1.29 is 19.1 Å². The lowest BCUT2D eigenvalue weighted by molar-refractivity contribution is -0.147. The van der Waals surface area contributed by atoms with E-state index < -0.39 is 5.97 Å². The van der Waals surface area contributed by atoms with Crippen molar-refractivity contribution in [3.8, 4) is 0 Å². The minimum atomic E-state index is -0.680. The van der Waals surface area contributed by atoms with Gasteiger partial charge < -0.3 is 4.74 Å². The van der Waals surface area contributed by atoms with Gasteiger partial charge in [0.25, 0.3) is 0 Å². The van der Waals surface area contributed by atoms with E-state index in [0.717, 1.165) is 4.90 Å². The fraction of sp³-hybridized carbons (Fsp3) is 0.500. The van der Waals surface area contributed by atoms with E-state index in [9.17, 15) is 14.4 Å². The number of ether oxygens (including phenoxy) is 1. The summed E-state index contributed by atoms with van der Waals surface area (Å²) in [5.74, 6) is -1.36. The van der Waals surface area contributed by atoms with Crippen LogP contribution in [0.4, 0.5) is 0 Å². The van der Waals surface area contributed by atoms with Crippen molar-refractivity contribution in [2.45, 2.75) is 19.8 Å². The number of rotatable bonds is 2. The summed E-state index contributed by atoms with van der Waals surface area (Å²) in [5.41, 5.74) is 0. The van der Waals surface area contributed by atoms with Crippen LogP contribution in [0.1, 0.15) is 19.8 Å². The van der Waals surface area contributed by atoms with Gasteiger partial charge in [-0.25, -0.2) is 4.79 Å². The molecule has 0 N–H and O–H groups in total. The minimum absolute atomic E-state index is 0.0779. The number of hydrogen-bond donors (Lipinski definition) is 0. The lowest BCUT2D eigenvalue weighted by Crippen LogP contribution is -2.35. The third-order valence-electron chi connectivity index (χ3n) is 1.70. The Morgan fingerprint density at radius 2 is 1.93 bits per heavy atom. The monoisotopic (exact) mass is 215 g/mol. The van der Waals surface area contributed by atoms with Gasteiger partial charge in [-0.2, -0.15) is 0 Å². The Balaban J connectivity index is 2.51. The Morgan fingerprint density at radius 1 is 1.43 bits per heavy atom. The van der Waals surface area contributed by atoms with Crippen molar-refractivity contribution in [1.82, 2.24) is 4.90 Å². The summed E-state index contributed by atoms with van der Waals surface area (Å²) in [6.45, 7) is 1.10. The molecule has 0 aromatic heterocycles. The van der Waals surface area contributed by atoms with Gasteiger partial charge in [0.1, 0.15) is 6.54 Å². The second-order valence-electron chi connectivity index (χ2n) is 2.84. The topological polar surface area (TPSA) is 63.7 Å². The summed E-state index contributed by atoms with van der Waals surface area (Å²) in [4.78, 5) is 34.1. The van der Waals surface area contributed by atoms with Crippen LogP contribution in [0.2, 0.25) is 0 Å². The molecule has 0 atom stereocenters. The second-order valence-corrected chi connectivity index (χ2v) is 3.41. The van der Waals surface area contributed by atoms with Gasteiger partial charge in [-0.1, -0.05) is 0 Å². The number of thiocarbonyl (C=S) groups is 1. The Labute approximate surface area is 86.0 Å². The van der Waals surface area contributed by atoms with E-state index in [4.69, 9.17) is 0 Å². The maximum Gasteiger partial charge on any atom is 0.332 e. The van der Waals surface area contributed by atoms with Crippen LogP contribution in [0.3, 0.4) is 0 Å². The van der Waals surface area contributed by atoms with Crippen LogP contribution in [0.5, 0.6) is 0 Å². The van der Waals surface area contributed by atoms with Crippen LogP contribution in [0, 0.1) is 0 Å². The number of carbonyl (C=O) groups is 3. The largest absolute Gasteiger partial charge is 0.418 e. The number of hydrogen-bond acceptors (Lipinski definition) is 5. The van der Waals surface area contributed by atoms with Crippen molar-refractivity contribution in [1.29, 1.82) is 0 Å². The number of imide groups is 1. The van der Waals surface area contributed by atoms with E-state index in [1.807, 2.05) is 0 Å². The van der Waals surface area contributed by atoms with Crippen LogP contribution >= 0.6 is 12.2 Å². The summed E-state index contributed by atoms with van der Waals surface area (Å²) in [5, 5.41) is 0.0779. The molecule has 2 amide bonds. The molecule has 1 fully saturated rings. The van der Waals surface area contributed by atoms with Gasteiger partial charge in [-0.15, -0.1) is 0 Å². The molecule has 0 aromatic rings. The average Bonchev–Trinajstić information content (AvgIpc) is 2.34. The third kappa shape index (κ3) is 2.59. The zero-order chi connectivity index (χ0) is 10.7. The molecule has 1 heterocycles. The maximum absolute atomic E-state index is 11.1. The highest BCUT2D eigenvalue weighted by molar-refractivity contribution is 7.80. The van der Waals surface area contributed by atoms with Crippen LogP contribution in [0.25, 0.3) is 0 Å². The summed E-state index contributed by atoms with van der Waals surface area (Å²) in [6.07, 6.45) is 0.339. The molecule has 0 unspecified atom stereocenters. The molecule has 1 saturated heterocycles. The number of amides is 2. The SMILES string of the molecule is CC(=S)OC(=O)CN1C(=O)CCC1=O. The first-order valence-corrected chi connectivity index (χ1v) is 4.46. The van der Waals surface area contributed by atoms with Gasteiger partial charge >= 0.3 is 5.97 Å². The zero-order valence-electron chi connectivity index (χ0n) is 7.61. The first kappa shape index (κ1) is 10.8. The number of carbonyl (C=O) groups excluding carboxylic acids is 3. The minimum Gasteiger partial charge on any atom is -0.418 e. The van der Waals surface area contributed by atoms with Crippen molar-refractivity contribution in [3.05, 3.63) is 0 Å². The molecule has 76 valence electrons. The summed E-state index contributed by atoms with van der Waals surface area (Å²) in [6, 6.07) is 0.